The minimum absolute atomic E-state index is 0.0350. The Morgan fingerprint density at radius 2 is 2.08 bits per heavy atom. The maximum absolute atomic E-state index is 12.3. The molecular weight excluding hydrogens is 320 g/mol. The van der Waals surface area contributed by atoms with Crippen LogP contribution < -0.4 is 20.3 Å². The van der Waals surface area contributed by atoms with Gasteiger partial charge in [-0.25, -0.2) is 9.78 Å². The quantitative estimate of drug-likeness (QED) is 0.895. The Balaban J connectivity index is 1.61. The summed E-state index contributed by atoms with van der Waals surface area (Å²) in [6, 6.07) is 12.1. The summed E-state index contributed by atoms with van der Waals surface area (Å²) in [5.41, 5.74) is 1.58. The molecule has 2 N–H and O–H groups in total. The lowest BCUT2D eigenvalue weighted by Crippen LogP contribution is -2.39. The van der Waals surface area contributed by atoms with E-state index in [1.165, 1.54) is 0 Å². The monoisotopic (exact) mass is 340 g/mol. The number of ether oxygens (including phenoxy) is 1. The number of carbonyl (C=O) groups is 2. The number of pyridine rings is 1. The number of anilines is 2. The van der Waals surface area contributed by atoms with Gasteiger partial charge >= 0.3 is 6.03 Å². The van der Waals surface area contributed by atoms with E-state index < -0.39 is 0 Å². The number of methoxy groups -OCH3 is 1. The van der Waals surface area contributed by atoms with E-state index >= 15 is 0 Å². The molecule has 0 radical (unpaired) electrons. The molecule has 0 bridgehead atoms. The van der Waals surface area contributed by atoms with E-state index in [0.717, 1.165) is 11.4 Å². The number of nitrogens with one attached hydrogen (secondary N) is 2. The fourth-order valence-electron chi connectivity index (χ4n) is 2.78. The van der Waals surface area contributed by atoms with Crippen LogP contribution in [0.15, 0.2) is 42.5 Å². The van der Waals surface area contributed by atoms with E-state index in [9.17, 15) is 9.59 Å². The molecule has 7 nitrogen and oxygen atoms in total. The van der Waals surface area contributed by atoms with Crippen molar-refractivity contribution in [2.45, 2.75) is 19.4 Å². The van der Waals surface area contributed by atoms with Gasteiger partial charge in [0.05, 0.1) is 13.2 Å². The molecule has 25 heavy (non-hydrogen) atoms. The van der Waals surface area contributed by atoms with Crippen molar-refractivity contribution < 1.29 is 14.3 Å². The van der Waals surface area contributed by atoms with E-state index in [1.54, 1.807) is 24.1 Å². The Morgan fingerprint density at radius 1 is 1.28 bits per heavy atom. The molecule has 2 aromatic rings. The molecule has 7 heteroatoms. The molecule has 1 atom stereocenters. The minimum Gasteiger partial charge on any atom is -0.497 e. The zero-order valence-electron chi connectivity index (χ0n) is 14.2. The lowest BCUT2D eigenvalue weighted by atomic mass is 10.2. The second kappa shape index (κ2) is 7.21. The minimum atomic E-state index is -0.372. The summed E-state index contributed by atoms with van der Waals surface area (Å²) in [4.78, 5) is 30.3. The van der Waals surface area contributed by atoms with Crippen LogP contribution in [-0.4, -0.2) is 36.6 Å². The molecule has 130 valence electrons. The van der Waals surface area contributed by atoms with E-state index in [-0.39, 0.29) is 24.4 Å². The van der Waals surface area contributed by atoms with E-state index in [1.807, 2.05) is 37.3 Å². The fraction of sp³-hybridized carbons (Fsp3) is 0.278. The first-order chi connectivity index (χ1) is 12.0. The molecule has 1 fully saturated rings. The number of nitrogens with zero attached hydrogens (tertiary/aromatic N) is 2. The third kappa shape index (κ3) is 4.06. The zero-order chi connectivity index (χ0) is 17.8. The maximum Gasteiger partial charge on any atom is 0.320 e. The van der Waals surface area contributed by atoms with Gasteiger partial charge in [0.1, 0.15) is 11.6 Å². The second-order valence-corrected chi connectivity index (χ2v) is 5.87. The van der Waals surface area contributed by atoms with Gasteiger partial charge in [-0.2, -0.15) is 0 Å². The van der Waals surface area contributed by atoms with Crippen LogP contribution in [0.1, 0.15) is 12.1 Å². The van der Waals surface area contributed by atoms with Gasteiger partial charge in [-0.05, 0) is 31.2 Å². The van der Waals surface area contributed by atoms with Crippen molar-refractivity contribution in [1.82, 2.24) is 10.3 Å². The SMILES string of the molecule is COc1cccc(N2C[C@@H](NC(=O)Nc3cccc(C)n3)CC2=O)c1. The van der Waals surface area contributed by atoms with Gasteiger partial charge in [-0.3, -0.25) is 10.1 Å². The summed E-state index contributed by atoms with van der Waals surface area (Å²) in [6.07, 6.45) is 0.256. The van der Waals surface area contributed by atoms with Crippen LogP contribution >= 0.6 is 0 Å². The molecule has 0 saturated carbocycles. The lowest BCUT2D eigenvalue weighted by Gasteiger charge is -2.18. The number of hydrogen-bond donors (Lipinski definition) is 2. The highest BCUT2D eigenvalue weighted by Gasteiger charge is 2.31. The molecule has 0 unspecified atom stereocenters. The Bertz CT molecular complexity index is 793. The number of aryl methyl sites for hydroxylation is 1. The largest absolute Gasteiger partial charge is 0.497 e. The topological polar surface area (TPSA) is 83.6 Å². The molecule has 2 heterocycles. The number of rotatable bonds is 4. The normalized spacial score (nSPS) is 16.6. The van der Waals surface area contributed by atoms with Crippen LogP contribution in [0, 0.1) is 6.92 Å². The molecule has 1 aliphatic heterocycles. The summed E-state index contributed by atoms with van der Waals surface area (Å²) in [7, 11) is 1.58. The lowest BCUT2D eigenvalue weighted by molar-refractivity contribution is -0.117. The van der Waals surface area contributed by atoms with Gasteiger partial charge in [-0.15, -0.1) is 0 Å². The van der Waals surface area contributed by atoms with Gasteiger partial charge in [-0.1, -0.05) is 12.1 Å². The predicted octanol–water partition coefficient (Wildman–Crippen LogP) is 2.33. The van der Waals surface area contributed by atoms with Gasteiger partial charge < -0.3 is 15.0 Å². The highest BCUT2D eigenvalue weighted by Crippen LogP contribution is 2.25. The number of aromatic nitrogens is 1. The van der Waals surface area contributed by atoms with Crippen LogP contribution in [0.2, 0.25) is 0 Å². The van der Waals surface area contributed by atoms with Crippen molar-refractivity contribution in [3.05, 3.63) is 48.2 Å². The summed E-state index contributed by atoms with van der Waals surface area (Å²) in [5, 5.41) is 5.51. The maximum atomic E-state index is 12.3. The van der Waals surface area contributed by atoms with Crippen molar-refractivity contribution in [2.75, 3.05) is 23.9 Å². The van der Waals surface area contributed by atoms with Crippen molar-refractivity contribution >= 4 is 23.4 Å². The Hall–Kier alpha value is -3.09. The van der Waals surface area contributed by atoms with Crippen molar-refractivity contribution in [3.63, 3.8) is 0 Å². The summed E-state index contributed by atoms with van der Waals surface area (Å²) in [6.45, 7) is 2.27. The Kier molecular flexibility index (Phi) is 4.83. The smallest absolute Gasteiger partial charge is 0.320 e. The third-order valence-corrected chi connectivity index (χ3v) is 3.96. The first-order valence-corrected chi connectivity index (χ1v) is 8.01. The molecule has 1 aliphatic rings. The van der Waals surface area contributed by atoms with E-state index in [4.69, 9.17) is 4.74 Å². The fourth-order valence-corrected chi connectivity index (χ4v) is 2.78. The van der Waals surface area contributed by atoms with E-state index in [2.05, 4.69) is 15.6 Å². The molecule has 1 aromatic heterocycles. The summed E-state index contributed by atoms with van der Waals surface area (Å²) in [5.74, 6) is 1.13. The van der Waals surface area contributed by atoms with Gasteiger partial charge in [0.15, 0.2) is 0 Å². The van der Waals surface area contributed by atoms with Crippen LogP contribution in [0.3, 0.4) is 0 Å². The highest BCUT2D eigenvalue weighted by atomic mass is 16.5. The number of urea groups is 1. The van der Waals surface area contributed by atoms with Crippen molar-refractivity contribution in [1.29, 1.82) is 0 Å². The van der Waals surface area contributed by atoms with Crippen LogP contribution in [-0.2, 0) is 4.79 Å². The van der Waals surface area contributed by atoms with Crippen LogP contribution in [0.25, 0.3) is 0 Å². The molecule has 1 aromatic carbocycles. The zero-order valence-corrected chi connectivity index (χ0v) is 14.2. The Labute approximate surface area is 146 Å². The van der Waals surface area contributed by atoms with Crippen LogP contribution in [0.5, 0.6) is 5.75 Å². The standard InChI is InChI=1S/C18H20N4O3/c1-12-5-3-8-16(19-12)21-18(24)20-13-9-17(23)22(11-13)14-6-4-7-15(10-14)25-2/h3-8,10,13H,9,11H2,1-2H3,(H2,19,20,21,24)/t13-/m0/s1. The van der Waals surface area contributed by atoms with Gasteiger partial charge in [0, 0.05) is 30.4 Å². The van der Waals surface area contributed by atoms with Crippen LogP contribution in [0.4, 0.5) is 16.3 Å². The first kappa shape index (κ1) is 16.8. The average molecular weight is 340 g/mol. The number of carbonyl (C=O) groups excluding carboxylic acids is 2. The Morgan fingerprint density at radius 3 is 2.84 bits per heavy atom. The second-order valence-electron chi connectivity index (χ2n) is 5.87. The van der Waals surface area contributed by atoms with Crippen molar-refractivity contribution in [2.24, 2.45) is 0 Å². The molecule has 0 aliphatic carbocycles. The third-order valence-electron chi connectivity index (χ3n) is 3.96. The molecule has 0 spiro atoms. The van der Waals surface area contributed by atoms with Gasteiger partial charge in [0.25, 0.3) is 0 Å². The summed E-state index contributed by atoms with van der Waals surface area (Å²) >= 11 is 0. The highest BCUT2D eigenvalue weighted by molar-refractivity contribution is 5.97. The molecule has 3 amide bonds. The number of amides is 3. The summed E-state index contributed by atoms with van der Waals surface area (Å²) < 4.78 is 5.19. The molecule has 1 saturated heterocycles. The van der Waals surface area contributed by atoms with E-state index in [0.29, 0.717) is 18.1 Å². The number of hydrogen-bond acceptors (Lipinski definition) is 4. The average Bonchev–Trinajstić information content (AvgIpc) is 2.95. The predicted molar refractivity (Wildman–Crippen MR) is 94.9 cm³/mol. The van der Waals surface area contributed by atoms with Crippen molar-refractivity contribution in [3.8, 4) is 5.75 Å². The first-order valence-electron chi connectivity index (χ1n) is 8.01. The molecular formula is C18H20N4O3. The van der Waals surface area contributed by atoms with Gasteiger partial charge in [0.2, 0.25) is 5.91 Å². The number of benzene rings is 1. The molecule has 3 rings (SSSR count).